The molecule has 4 rings (SSSR count). The number of hydrogen-bond acceptors (Lipinski definition) is 11. The molecule has 0 aliphatic heterocycles. The highest BCUT2D eigenvalue weighted by Gasteiger charge is 2.18. The van der Waals surface area contributed by atoms with Crippen LogP contribution in [0.15, 0.2) is 78.9 Å². The van der Waals surface area contributed by atoms with Gasteiger partial charge in [0.05, 0.1) is 0 Å². The fraction of sp³-hybridized carbons (Fsp3) is 0.0417. The maximum Gasteiger partial charge on any atom is 0.519 e. The quantitative estimate of drug-likeness (QED) is 0.0456. The molecule has 4 aromatic rings. The topological polar surface area (TPSA) is 114 Å². The molecule has 182 valence electrons. The predicted octanol–water partition coefficient (Wildman–Crippen LogP) is 6.71. The van der Waals surface area contributed by atoms with E-state index in [1.807, 2.05) is 6.07 Å². The monoisotopic (exact) mass is 541 g/mol. The molecule has 9 nitrogen and oxygen atoms in total. The van der Waals surface area contributed by atoms with Gasteiger partial charge in [-0.25, -0.2) is 9.59 Å². The van der Waals surface area contributed by atoms with Crippen molar-refractivity contribution in [3.63, 3.8) is 0 Å². The normalized spacial score (nSPS) is 10.3. The number of carbonyl (C=O) groups excluding carboxylic acids is 2. The zero-order chi connectivity index (χ0) is 25.5. The Labute approximate surface area is 216 Å². The van der Waals surface area contributed by atoms with E-state index in [0.29, 0.717) is 5.56 Å². The highest BCUT2D eigenvalue weighted by Crippen LogP contribution is 2.30. The van der Waals surface area contributed by atoms with E-state index in [0.717, 1.165) is 14.3 Å². The lowest BCUT2D eigenvalue weighted by molar-refractivity contribution is -0.763. The Morgan fingerprint density at radius 2 is 1.64 bits per heavy atom. The van der Waals surface area contributed by atoms with Gasteiger partial charge >= 0.3 is 12.1 Å². The van der Waals surface area contributed by atoms with Crippen molar-refractivity contribution in [3.05, 3.63) is 104 Å². The maximum atomic E-state index is 12.7. The second kappa shape index (κ2) is 11.5. The Hall–Kier alpha value is -4.13. The first-order valence-electron chi connectivity index (χ1n) is 10.1. The third-order valence-electron chi connectivity index (χ3n) is 4.55. The van der Waals surface area contributed by atoms with Crippen LogP contribution < -0.4 is 14.2 Å². The molecule has 3 aromatic carbocycles. The molecule has 0 aliphatic carbocycles. The summed E-state index contributed by atoms with van der Waals surface area (Å²) in [4.78, 5) is 40.8. The largest absolute Gasteiger partial charge is 0.519 e. The summed E-state index contributed by atoms with van der Waals surface area (Å²) in [5, 5.41) is 9.46. The highest BCUT2D eigenvalue weighted by molar-refractivity contribution is 7.80. The first kappa shape index (κ1) is 25.0. The number of para-hydroxylation sites is 1. The summed E-state index contributed by atoms with van der Waals surface area (Å²) < 4.78 is 16.6. The molecule has 1 aromatic heterocycles. The van der Waals surface area contributed by atoms with Gasteiger partial charge in [0.2, 0.25) is 0 Å². The molecule has 0 radical (unpaired) electrons. The molecule has 0 bridgehead atoms. The van der Waals surface area contributed by atoms with Crippen LogP contribution in [0.25, 0.3) is 10.4 Å². The molecule has 0 saturated heterocycles. The predicted molar refractivity (Wildman–Crippen MR) is 135 cm³/mol. The summed E-state index contributed by atoms with van der Waals surface area (Å²) in [5.41, 5.74) is 1.35. The van der Waals surface area contributed by atoms with E-state index in [1.54, 1.807) is 58.9 Å². The minimum absolute atomic E-state index is 0.0181. The standard InChI is InChI=1S/C24H15NO8S3/c26-23(31-18-5-3-4-15(12-18)14-30-25(28)29)19-6-1-2-7-20(19)33-24(27)32-17-10-8-16(9-11-17)21-13-22(34)36-35-21/h1-13H,14H2. The van der Waals surface area contributed by atoms with Crippen molar-refractivity contribution < 1.29 is 33.7 Å². The van der Waals surface area contributed by atoms with Crippen LogP contribution in [-0.4, -0.2) is 17.2 Å². The number of nitrogens with zero attached hydrogens (tertiary/aromatic N) is 1. The second-order valence-corrected chi connectivity index (χ2v) is 9.91. The molecule has 0 amide bonds. The van der Waals surface area contributed by atoms with E-state index < -0.39 is 17.2 Å². The zero-order valence-electron chi connectivity index (χ0n) is 18.2. The van der Waals surface area contributed by atoms with Crippen molar-refractivity contribution in [2.24, 2.45) is 0 Å². The van der Waals surface area contributed by atoms with Gasteiger partial charge < -0.3 is 19.0 Å². The van der Waals surface area contributed by atoms with E-state index in [-0.39, 0.29) is 29.4 Å². The zero-order valence-corrected chi connectivity index (χ0v) is 20.6. The maximum absolute atomic E-state index is 12.7. The van der Waals surface area contributed by atoms with Crippen molar-refractivity contribution in [2.75, 3.05) is 0 Å². The molecular weight excluding hydrogens is 526 g/mol. The van der Waals surface area contributed by atoms with Crippen molar-refractivity contribution in [3.8, 4) is 27.7 Å². The van der Waals surface area contributed by atoms with E-state index in [4.69, 9.17) is 26.4 Å². The Balaban J connectivity index is 1.40. The summed E-state index contributed by atoms with van der Waals surface area (Å²) in [6.07, 6.45) is -1.03. The molecule has 0 N–H and O–H groups in total. The van der Waals surface area contributed by atoms with Gasteiger partial charge in [-0.1, -0.05) is 57.2 Å². The van der Waals surface area contributed by atoms with E-state index in [1.165, 1.54) is 34.6 Å². The van der Waals surface area contributed by atoms with Gasteiger partial charge in [-0.3, -0.25) is 0 Å². The fourth-order valence-electron chi connectivity index (χ4n) is 2.98. The molecule has 0 atom stereocenters. The van der Waals surface area contributed by atoms with Crippen molar-refractivity contribution in [1.82, 2.24) is 0 Å². The van der Waals surface area contributed by atoms with Gasteiger partial charge in [-0.2, -0.15) is 0 Å². The molecule has 0 saturated carbocycles. The van der Waals surface area contributed by atoms with Gasteiger partial charge in [0, 0.05) is 4.88 Å². The molecule has 0 unspecified atom stereocenters. The Kier molecular flexibility index (Phi) is 8.00. The Bertz CT molecular complexity index is 1460. The van der Waals surface area contributed by atoms with E-state index >= 15 is 0 Å². The molecule has 12 heteroatoms. The number of rotatable bonds is 8. The van der Waals surface area contributed by atoms with Crippen molar-refractivity contribution >= 4 is 45.0 Å². The number of esters is 1. The number of hydrogen-bond donors (Lipinski definition) is 0. The minimum atomic E-state index is -1.03. The SMILES string of the molecule is O=C(Oc1ccc(-c2cc(=S)ss2)cc1)Oc1ccccc1C(=O)Oc1cccc(CO[N+](=O)[O-])c1. The van der Waals surface area contributed by atoms with Gasteiger partial charge in [-0.05, 0) is 65.7 Å². The average molecular weight is 542 g/mol. The van der Waals surface area contributed by atoms with Crippen LogP contribution >= 0.6 is 32.9 Å². The lowest BCUT2D eigenvalue weighted by Crippen LogP contribution is -2.17. The first-order chi connectivity index (χ1) is 17.4. The van der Waals surface area contributed by atoms with E-state index in [2.05, 4.69) is 4.84 Å². The molecule has 0 aliphatic rings. The first-order valence-corrected chi connectivity index (χ1v) is 12.7. The minimum Gasteiger partial charge on any atom is -0.423 e. The lowest BCUT2D eigenvalue weighted by atomic mass is 10.2. The Morgan fingerprint density at radius 1 is 0.861 bits per heavy atom. The summed E-state index contributed by atoms with van der Waals surface area (Å²) in [7, 11) is 3.07. The highest BCUT2D eigenvalue weighted by atomic mass is 32.9. The van der Waals surface area contributed by atoms with Crippen LogP contribution in [0.1, 0.15) is 15.9 Å². The second-order valence-electron chi connectivity index (χ2n) is 7.00. The summed E-state index contributed by atoms with van der Waals surface area (Å²) in [5.74, 6) is -0.462. The van der Waals surface area contributed by atoms with Crippen LogP contribution in [-0.2, 0) is 11.4 Å². The van der Waals surface area contributed by atoms with Crippen molar-refractivity contribution in [1.29, 1.82) is 0 Å². The van der Waals surface area contributed by atoms with E-state index in [9.17, 15) is 19.7 Å². The Morgan fingerprint density at radius 3 is 2.36 bits per heavy atom. The lowest BCUT2D eigenvalue weighted by Gasteiger charge is -2.11. The summed E-state index contributed by atoms with van der Waals surface area (Å²) >= 11 is 5.15. The third kappa shape index (κ3) is 6.72. The molecule has 0 spiro atoms. The number of ether oxygens (including phenoxy) is 3. The van der Waals surface area contributed by atoms with Crippen LogP contribution in [0.4, 0.5) is 4.79 Å². The number of benzene rings is 3. The fourth-order valence-corrected chi connectivity index (χ4v) is 5.38. The van der Waals surface area contributed by atoms with Gasteiger partial charge in [0.15, 0.2) is 0 Å². The van der Waals surface area contributed by atoms with Crippen LogP contribution in [0.2, 0.25) is 0 Å². The van der Waals surface area contributed by atoms with Crippen LogP contribution in [0, 0.1) is 13.9 Å². The van der Waals surface area contributed by atoms with Crippen LogP contribution in [0.3, 0.4) is 0 Å². The molecule has 36 heavy (non-hydrogen) atoms. The van der Waals surface area contributed by atoms with Gasteiger partial charge in [0.1, 0.15) is 33.2 Å². The smallest absolute Gasteiger partial charge is 0.423 e. The van der Waals surface area contributed by atoms with Gasteiger partial charge in [0.25, 0.3) is 5.09 Å². The molecular formula is C24H15NO8S3. The molecule has 0 fully saturated rings. The van der Waals surface area contributed by atoms with Crippen molar-refractivity contribution in [2.45, 2.75) is 6.61 Å². The number of carbonyl (C=O) groups is 2. The molecule has 1 heterocycles. The average Bonchev–Trinajstić information content (AvgIpc) is 3.30. The third-order valence-corrected chi connectivity index (χ3v) is 7.46. The summed E-state index contributed by atoms with van der Waals surface area (Å²) in [6.45, 7) is -0.298. The van der Waals surface area contributed by atoms with Gasteiger partial charge in [-0.15, -0.1) is 10.1 Å². The summed E-state index contributed by atoms with van der Waals surface area (Å²) in [6, 6.07) is 20.8. The van der Waals surface area contributed by atoms with Crippen LogP contribution in [0.5, 0.6) is 17.2 Å².